The van der Waals surface area contributed by atoms with Crippen molar-refractivity contribution in [1.29, 1.82) is 0 Å². The second-order valence-corrected chi connectivity index (χ2v) is 6.79. The molecule has 0 saturated carbocycles. The summed E-state index contributed by atoms with van der Waals surface area (Å²) in [6, 6.07) is 3.05. The van der Waals surface area contributed by atoms with Gasteiger partial charge in [0.25, 0.3) is 0 Å². The number of nitrogens with zero attached hydrogens (tertiary/aromatic N) is 1. The van der Waals surface area contributed by atoms with E-state index in [1.165, 1.54) is 0 Å². The fourth-order valence-electron chi connectivity index (χ4n) is 2.96. The second kappa shape index (κ2) is 9.36. The van der Waals surface area contributed by atoms with E-state index in [1.807, 2.05) is 6.92 Å². The number of pyridine rings is 1. The fraction of sp³-hybridized carbons (Fsp3) is 0.400. The molecule has 0 fully saturated rings. The molecule has 2 atom stereocenters. The van der Waals surface area contributed by atoms with Crippen LogP contribution in [-0.2, 0) is 12.4 Å². The Morgan fingerprint density at radius 1 is 1.00 bits per heavy atom. The molecule has 2 rings (SSSR count). The van der Waals surface area contributed by atoms with Crippen molar-refractivity contribution in [3.63, 3.8) is 0 Å². The molecule has 0 aliphatic heterocycles. The summed E-state index contributed by atoms with van der Waals surface area (Å²) in [6.45, 7) is 3.64. The van der Waals surface area contributed by atoms with Gasteiger partial charge in [-0.1, -0.05) is 25.5 Å². The Labute approximate surface area is 169 Å². The van der Waals surface area contributed by atoms with E-state index < -0.39 is 41.2 Å². The van der Waals surface area contributed by atoms with Crippen molar-refractivity contribution >= 4 is 6.03 Å². The normalized spacial score (nSPS) is 14.1. The van der Waals surface area contributed by atoms with Crippen LogP contribution >= 0.6 is 0 Å². The van der Waals surface area contributed by atoms with Gasteiger partial charge in [0, 0.05) is 12.2 Å². The molecule has 30 heavy (non-hydrogen) atoms. The van der Waals surface area contributed by atoms with E-state index in [9.17, 15) is 31.1 Å². The Hall–Kier alpha value is -2.78. The highest BCUT2D eigenvalue weighted by Crippen LogP contribution is 2.36. The number of nitrogens with one attached hydrogen (secondary N) is 2. The van der Waals surface area contributed by atoms with Crippen LogP contribution in [0.25, 0.3) is 0 Å². The lowest BCUT2D eigenvalue weighted by Gasteiger charge is -2.24. The van der Waals surface area contributed by atoms with E-state index in [2.05, 4.69) is 15.6 Å². The van der Waals surface area contributed by atoms with Gasteiger partial charge in [-0.3, -0.25) is 4.98 Å². The summed E-state index contributed by atoms with van der Waals surface area (Å²) >= 11 is 0. The summed E-state index contributed by atoms with van der Waals surface area (Å²) in [6.07, 6.45) is -6.81. The summed E-state index contributed by atoms with van der Waals surface area (Å²) in [7, 11) is 0. The summed E-state index contributed by atoms with van der Waals surface area (Å²) in [5.74, 6) is 0. The number of alkyl halides is 6. The van der Waals surface area contributed by atoms with Gasteiger partial charge in [0.05, 0.1) is 22.9 Å². The first-order chi connectivity index (χ1) is 13.9. The summed E-state index contributed by atoms with van der Waals surface area (Å²) in [4.78, 5) is 16.1. The molecule has 0 bridgehead atoms. The Bertz CT molecular complexity index is 849. The van der Waals surface area contributed by atoms with Crippen LogP contribution in [0.4, 0.5) is 31.1 Å². The highest BCUT2D eigenvalue weighted by molar-refractivity contribution is 5.75. The van der Waals surface area contributed by atoms with Crippen LogP contribution in [0.15, 0.2) is 42.6 Å². The van der Waals surface area contributed by atoms with Crippen LogP contribution in [0.5, 0.6) is 0 Å². The molecule has 1 heterocycles. The molecular formula is C20H21F6N3O. The molecule has 0 aliphatic carbocycles. The van der Waals surface area contributed by atoms with Crippen LogP contribution in [0, 0.1) is 0 Å². The van der Waals surface area contributed by atoms with Gasteiger partial charge < -0.3 is 10.6 Å². The van der Waals surface area contributed by atoms with Crippen molar-refractivity contribution in [3.8, 4) is 0 Å². The molecule has 2 N–H and O–H groups in total. The number of hydrogen-bond donors (Lipinski definition) is 2. The number of rotatable bonds is 6. The van der Waals surface area contributed by atoms with Crippen LogP contribution in [-0.4, -0.2) is 17.1 Å². The minimum absolute atomic E-state index is 0.0329. The Balaban J connectivity index is 2.45. The van der Waals surface area contributed by atoms with Crippen LogP contribution < -0.4 is 10.6 Å². The molecule has 0 saturated heterocycles. The molecule has 0 aliphatic rings. The smallest absolute Gasteiger partial charge is 0.336 e. The average Bonchev–Trinajstić information content (AvgIpc) is 2.65. The van der Waals surface area contributed by atoms with Gasteiger partial charge in [-0.2, -0.15) is 26.3 Å². The average molecular weight is 433 g/mol. The van der Waals surface area contributed by atoms with Crippen LogP contribution in [0.2, 0.25) is 0 Å². The van der Waals surface area contributed by atoms with Gasteiger partial charge in [-0.15, -0.1) is 0 Å². The van der Waals surface area contributed by atoms with Gasteiger partial charge in [0.15, 0.2) is 0 Å². The maximum Gasteiger partial charge on any atom is 0.418 e. The lowest BCUT2D eigenvalue weighted by atomic mass is 9.98. The third-order valence-electron chi connectivity index (χ3n) is 4.36. The van der Waals surface area contributed by atoms with Crippen molar-refractivity contribution in [2.45, 2.75) is 51.1 Å². The summed E-state index contributed by atoms with van der Waals surface area (Å²) < 4.78 is 79.0. The van der Waals surface area contributed by atoms with Gasteiger partial charge in [-0.25, -0.2) is 4.79 Å². The third-order valence-corrected chi connectivity index (χ3v) is 4.36. The molecule has 0 radical (unpaired) electrons. The quantitative estimate of drug-likeness (QED) is 0.575. The number of halogens is 6. The van der Waals surface area contributed by atoms with Gasteiger partial charge in [0.2, 0.25) is 0 Å². The zero-order chi connectivity index (χ0) is 22.5. The lowest BCUT2D eigenvalue weighted by Crippen LogP contribution is -2.43. The fourth-order valence-corrected chi connectivity index (χ4v) is 2.96. The number of urea groups is 1. The number of carbonyl (C=O) groups is 1. The standard InChI is InChI=1S/C20H21F6N3O/c1-3-5-12(2)28-18(30)29-16(13-7-9-14(10-8-13)19(21,22)23)17-15(20(24,25)26)6-4-11-27-17/h4,6-12,16H,3,5H2,1-2H3,(H2,28,29,30)/t12-,16-/m0/s1. The lowest BCUT2D eigenvalue weighted by molar-refractivity contribution is -0.139. The van der Waals surface area contributed by atoms with Crippen LogP contribution in [0.3, 0.4) is 0 Å². The summed E-state index contributed by atoms with van der Waals surface area (Å²) in [5.41, 5.74) is -2.52. The first-order valence-electron chi connectivity index (χ1n) is 9.19. The molecule has 0 spiro atoms. The molecule has 2 amide bonds. The highest BCUT2D eigenvalue weighted by Gasteiger charge is 2.37. The van der Waals surface area contributed by atoms with Crippen molar-refractivity contribution in [2.24, 2.45) is 0 Å². The molecule has 2 aromatic rings. The van der Waals surface area contributed by atoms with E-state index in [0.29, 0.717) is 6.42 Å². The van der Waals surface area contributed by atoms with Crippen molar-refractivity contribution in [1.82, 2.24) is 15.6 Å². The predicted octanol–water partition coefficient (Wildman–Crippen LogP) is 5.70. The first kappa shape index (κ1) is 23.5. The molecule has 10 heteroatoms. The first-order valence-corrected chi connectivity index (χ1v) is 9.19. The van der Waals surface area contributed by atoms with Gasteiger partial charge in [-0.05, 0) is 43.2 Å². The molecule has 1 aromatic heterocycles. The van der Waals surface area contributed by atoms with E-state index in [1.54, 1.807) is 6.92 Å². The topological polar surface area (TPSA) is 54.0 Å². The SMILES string of the molecule is CCC[C@H](C)NC(=O)N[C@@H](c1ccc(C(F)(F)F)cc1)c1ncccc1C(F)(F)F. The van der Waals surface area contributed by atoms with Crippen molar-refractivity contribution in [3.05, 3.63) is 65.0 Å². The molecule has 1 aromatic carbocycles. The van der Waals surface area contributed by atoms with Crippen LogP contribution in [0.1, 0.15) is 55.1 Å². The maximum absolute atomic E-state index is 13.5. The highest BCUT2D eigenvalue weighted by atomic mass is 19.4. The number of aromatic nitrogens is 1. The maximum atomic E-state index is 13.5. The van der Waals surface area contributed by atoms with Crippen molar-refractivity contribution in [2.75, 3.05) is 0 Å². The minimum Gasteiger partial charge on any atom is -0.336 e. The zero-order valence-electron chi connectivity index (χ0n) is 16.2. The van der Waals surface area contributed by atoms with Gasteiger partial charge in [0.1, 0.15) is 0 Å². The second-order valence-electron chi connectivity index (χ2n) is 6.79. The monoisotopic (exact) mass is 433 g/mol. The van der Waals surface area contributed by atoms with E-state index >= 15 is 0 Å². The third kappa shape index (κ3) is 6.11. The number of carbonyl (C=O) groups excluding carboxylic acids is 1. The minimum atomic E-state index is -4.76. The predicted molar refractivity (Wildman–Crippen MR) is 98.6 cm³/mol. The van der Waals surface area contributed by atoms with Crippen molar-refractivity contribution < 1.29 is 31.1 Å². The number of benzene rings is 1. The largest absolute Gasteiger partial charge is 0.418 e. The Morgan fingerprint density at radius 3 is 2.17 bits per heavy atom. The zero-order valence-corrected chi connectivity index (χ0v) is 16.2. The Morgan fingerprint density at radius 2 is 1.63 bits per heavy atom. The van der Waals surface area contributed by atoms with E-state index in [4.69, 9.17) is 0 Å². The molecule has 0 unspecified atom stereocenters. The summed E-state index contributed by atoms with van der Waals surface area (Å²) in [5, 5.41) is 5.02. The van der Waals surface area contributed by atoms with E-state index in [-0.39, 0.29) is 11.6 Å². The Kier molecular flexibility index (Phi) is 7.33. The van der Waals surface area contributed by atoms with E-state index in [0.717, 1.165) is 49.0 Å². The molecule has 4 nitrogen and oxygen atoms in total. The van der Waals surface area contributed by atoms with Gasteiger partial charge >= 0.3 is 18.4 Å². The molecular weight excluding hydrogens is 412 g/mol. The number of amides is 2. The number of hydrogen-bond acceptors (Lipinski definition) is 2. The molecule has 164 valence electrons.